The van der Waals surface area contributed by atoms with E-state index in [0.717, 1.165) is 18.4 Å². The molecule has 1 aliphatic rings. The number of nitrogens with zero attached hydrogens (tertiary/aromatic N) is 1. The number of rotatable bonds is 6. The second-order valence-corrected chi connectivity index (χ2v) is 7.13. The van der Waals surface area contributed by atoms with Gasteiger partial charge in [-0.3, -0.25) is 9.59 Å². The fraction of sp³-hybridized carbons (Fsp3) is 0.227. The quantitative estimate of drug-likeness (QED) is 0.327. The van der Waals surface area contributed by atoms with E-state index in [2.05, 4.69) is 5.32 Å². The van der Waals surface area contributed by atoms with Crippen LogP contribution in [0.1, 0.15) is 24.0 Å². The van der Waals surface area contributed by atoms with Gasteiger partial charge in [-0.05, 0) is 61.2 Å². The third-order valence-corrected chi connectivity index (χ3v) is 4.67. The van der Waals surface area contributed by atoms with Crippen LogP contribution in [0.25, 0.3) is 6.08 Å². The van der Waals surface area contributed by atoms with Crippen LogP contribution >= 0.6 is 11.6 Å². The molecule has 0 heterocycles. The first kappa shape index (κ1) is 20.4. The lowest BCUT2D eigenvalue weighted by atomic mass is 10.1. The van der Waals surface area contributed by atoms with E-state index >= 15 is 0 Å². The van der Waals surface area contributed by atoms with Crippen molar-refractivity contribution >= 4 is 35.2 Å². The maximum absolute atomic E-state index is 12.5. The number of benzene rings is 2. The number of amides is 1. The van der Waals surface area contributed by atoms with Crippen LogP contribution in [-0.2, 0) is 9.59 Å². The number of aryl methyl sites for hydroxylation is 1. The van der Waals surface area contributed by atoms with Gasteiger partial charge in [0.15, 0.2) is 11.5 Å². The normalized spacial score (nSPS) is 13.4. The summed E-state index contributed by atoms with van der Waals surface area (Å²) in [6.07, 6.45) is 3.12. The van der Waals surface area contributed by atoms with Crippen molar-refractivity contribution in [3.8, 4) is 17.6 Å². The van der Waals surface area contributed by atoms with Gasteiger partial charge in [-0.2, -0.15) is 5.26 Å². The Morgan fingerprint density at radius 3 is 2.62 bits per heavy atom. The molecule has 1 N–H and O–H groups in total. The van der Waals surface area contributed by atoms with Crippen molar-refractivity contribution in [2.75, 3.05) is 12.4 Å². The van der Waals surface area contributed by atoms with Crippen molar-refractivity contribution in [1.29, 1.82) is 5.26 Å². The van der Waals surface area contributed by atoms with E-state index < -0.39 is 5.91 Å². The Kier molecular flexibility index (Phi) is 6.20. The van der Waals surface area contributed by atoms with Gasteiger partial charge >= 0.3 is 5.97 Å². The van der Waals surface area contributed by atoms with Crippen LogP contribution in [0.3, 0.4) is 0 Å². The van der Waals surface area contributed by atoms with E-state index in [4.69, 9.17) is 21.1 Å². The average molecular weight is 411 g/mol. The molecule has 0 atom stereocenters. The summed E-state index contributed by atoms with van der Waals surface area (Å²) in [5, 5.41) is 12.6. The van der Waals surface area contributed by atoms with Crippen molar-refractivity contribution < 1.29 is 19.1 Å². The van der Waals surface area contributed by atoms with Gasteiger partial charge in [0, 0.05) is 10.7 Å². The van der Waals surface area contributed by atoms with Crippen LogP contribution in [0, 0.1) is 24.2 Å². The fourth-order valence-electron chi connectivity index (χ4n) is 2.60. The predicted molar refractivity (Wildman–Crippen MR) is 110 cm³/mol. The zero-order valence-corrected chi connectivity index (χ0v) is 16.7. The van der Waals surface area contributed by atoms with E-state index in [1.54, 1.807) is 36.4 Å². The Hall–Kier alpha value is -3.30. The second kappa shape index (κ2) is 8.80. The Bertz CT molecular complexity index is 1040. The molecule has 1 fully saturated rings. The molecule has 0 saturated heterocycles. The van der Waals surface area contributed by atoms with Crippen LogP contribution in [0.5, 0.6) is 11.5 Å². The summed E-state index contributed by atoms with van der Waals surface area (Å²) in [4.78, 5) is 24.4. The number of carbonyl (C=O) groups excluding carboxylic acids is 2. The topological polar surface area (TPSA) is 88.4 Å². The summed E-state index contributed by atoms with van der Waals surface area (Å²) in [5.41, 5.74) is 1.82. The number of halogens is 1. The smallest absolute Gasteiger partial charge is 0.314 e. The molecule has 1 saturated carbocycles. The zero-order chi connectivity index (χ0) is 21.0. The minimum atomic E-state index is -0.555. The molecule has 2 aromatic carbocycles. The molecule has 3 rings (SSSR count). The molecule has 0 unspecified atom stereocenters. The first-order valence-electron chi connectivity index (χ1n) is 9.00. The summed E-state index contributed by atoms with van der Waals surface area (Å²) in [6, 6.07) is 11.9. The highest BCUT2D eigenvalue weighted by molar-refractivity contribution is 6.31. The molecular formula is C22H19ClN2O4. The first-order chi connectivity index (χ1) is 13.9. The number of carbonyl (C=O) groups is 2. The van der Waals surface area contributed by atoms with Gasteiger partial charge in [0.1, 0.15) is 11.6 Å². The van der Waals surface area contributed by atoms with Crippen LogP contribution in [0.15, 0.2) is 42.0 Å². The molecule has 0 aliphatic heterocycles. The first-order valence-corrected chi connectivity index (χ1v) is 9.38. The number of anilines is 1. The number of esters is 1. The summed E-state index contributed by atoms with van der Waals surface area (Å²) >= 11 is 5.97. The Balaban J connectivity index is 1.80. The predicted octanol–water partition coefficient (Wildman–Crippen LogP) is 4.52. The highest BCUT2D eigenvalue weighted by atomic mass is 35.5. The molecule has 2 aromatic rings. The number of nitriles is 1. The minimum Gasteiger partial charge on any atom is -0.493 e. The summed E-state index contributed by atoms with van der Waals surface area (Å²) in [5.74, 6) is -0.222. The number of ether oxygens (including phenoxy) is 2. The van der Waals surface area contributed by atoms with Gasteiger partial charge in [-0.25, -0.2) is 0 Å². The lowest BCUT2D eigenvalue weighted by molar-refractivity contribution is -0.135. The highest BCUT2D eigenvalue weighted by Crippen LogP contribution is 2.34. The number of hydrogen-bond donors (Lipinski definition) is 1. The minimum absolute atomic E-state index is 0.0388. The van der Waals surface area contributed by atoms with Crippen LogP contribution in [0.4, 0.5) is 5.69 Å². The van der Waals surface area contributed by atoms with Crippen molar-refractivity contribution in [1.82, 2.24) is 0 Å². The van der Waals surface area contributed by atoms with Gasteiger partial charge in [0.25, 0.3) is 5.91 Å². The third-order valence-electron chi connectivity index (χ3n) is 4.43. The number of methoxy groups -OCH3 is 1. The van der Waals surface area contributed by atoms with Crippen molar-refractivity contribution in [3.63, 3.8) is 0 Å². The molecule has 0 spiro atoms. The molecule has 148 valence electrons. The van der Waals surface area contributed by atoms with Crippen LogP contribution < -0.4 is 14.8 Å². The van der Waals surface area contributed by atoms with Crippen LogP contribution in [-0.4, -0.2) is 19.0 Å². The SMILES string of the molecule is COc1cc(/C=C(\C#N)C(=O)Nc2cc(Cl)ccc2C)ccc1OC(=O)C1CC1. The van der Waals surface area contributed by atoms with Gasteiger partial charge < -0.3 is 14.8 Å². The molecule has 1 amide bonds. The molecule has 0 bridgehead atoms. The molecule has 6 nitrogen and oxygen atoms in total. The molecule has 7 heteroatoms. The Morgan fingerprint density at radius 1 is 1.21 bits per heavy atom. The largest absolute Gasteiger partial charge is 0.493 e. The summed E-state index contributed by atoms with van der Waals surface area (Å²) in [6.45, 7) is 1.83. The van der Waals surface area contributed by atoms with Gasteiger partial charge in [0.2, 0.25) is 0 Å². The molecule has 0 radical (unpaired) electrons. The second-order valence-electron chi connectivity index (χ2n) is 6.69. The van der Waals surface area contributed by atoms with E-state index in [9.17, 15) is 14.9 Å². The summed E-state index contributed by atoms with van der Waals surface area (Å²) in [7, 11) is 1.46. The van der Waals surface area contributed by atoms with Gasteiger partial charge in [-0.15, -0.1) is 0 Å². The maximum atomic E-state index is 12.5. The molecule has 1 aliphatic carbocycles. The maximum Gasteiger partial charge on any atom is 0.314 e. The average Bonchev–Trinajstić information content (AvgIpc) is 3.55. The number of hydrogen-bond acceptors (Lipinski definition) is 5. The van der Waals surface area contributed by atoms with Crippen molar-refractivity contribution in [2.24, 2.45) is 5.92 Å². The fourth-order valence-corrected chi connectivity index (χ4v) is 2.77. The third kappa shape index (κ3) is 5.15. The molecular weight excluding hydrogens is 392 g/mol. The highest BCUT2D eigenvalue weighted by Gasteiger charge is 2.32. The lowest BCUT2D eigenvalue weighted by Gasteiger charge is -2.10. The van der Waals surface area contributed by atoms with Crippen LogP contribution in [0.2, 0.25) is 5.02 Å². The summed E-state index contributed by atoms with van der Waals surface area (Å²) < 4.78 is 10.6. The monoisotopic (exact) mass is 410 g/mol. The molecule has 29 heavy (non-hydrogen) atoms. The zero-order valence-electron chi connectivity index (χ0n) is 16.0. The van der Waals surface area contributed by atoms with E-state index in [-0.39, 0.29) is 17.5 Å². The number of nitrogens with one attached hydrogen (secondary N) is 1. The van der Waals surface area contributed by atoms with E-state index in [1.165, 1.54) is 13.2 Å². The standard InChI is InChI=1S/C22H19ClN2O4/c1-13-3-7-17(23)11-18(13)25-21(26)16(12-24)9-14-4-8-19(20(10-14)28-2)29-22(27)15-5-6-15/h3-4,7-11,15H,5-6H2,1-2H3,(H,25,26)/b16-9+. The van der Waals surface area contributed by atoms with Gasteiger partial charge in [-0.1, -0.05) is 23.7 Å². The van der Waals surface area contributed by atoms with Gasteiger partial charge in [0.05, 0.1) is 13.0 Å². The van der Waals surface area contributed by atoms with E-state index in [0.29, 0.717) is 27.8 Å². The Labute approximate surface area is 173 Å². The van der Waals surface area contributed by atoms with Crippen molar-refractivity contribution in [2.45, 2.75) is 19.8 Å². The van der Waals surface area contributed by atoms with E-state index in [1.807, 2.05) is 13.0 Å². The molecule has 0 aromatic heterocycles. The Morgan fingerprint density at radius 2 is 1.97 bits per heavy atom. The van der Waals surface area contributed by atoms with Crippen molar-refractivity contribution in [3.05, 3.63) is 58.1 Å². The lowest BCUT2D eigenvalue weighted by Crippen LogP contribution is -2.14.